The number of amides is 4. The minimum absolute atomic E-state index is 0.0491. The van der Waals surface area contributed by atoms with Crippen LogP contribution >= 0.6 is 25.3 Å². The second-order valence-electron chi connectivity index (χ2n) is 11.0. The fourth-order valence-corrected chi connectivity index (χ4v) is 5.15. The summed E-state index contributed by atoms with van der Waals surface area (Å²) < 4.78 is 0. The van der Waals surface area contributed by atoms with Gasteiger partial charge >= 0.3 is 23.9 Å². The summed E-state index contributed by atoms with van der Waals surface area (Å²) in [4.78, 5) is 113. The molecule has 21 heteroatoms. The van der Waals surface area contributed by atoms with E-state index in [1.807, 2.05) is 0 Å². The van der Waals surface area contributed by atoms with Gasteiger partial charge in [0.2, 0.25) is 17.7 Å². The summed E-state index contributed by atoms with van der Waals surface area (Å²) >= 11 is 8.16. The van der Waals surface area contributed by atoms with Gasteiger partial charge in [0.05, 0.1) is 6.54 Å². The SMILES string of the molecule is NC(CCC(=O)NC(CS)C(=O)N(CC(=O)O)CC1=C(N(CC(=O)O)C(=O)C(CS)NC(=O)CCC(N)C(=O)O)CCCCC1=O)C(=O)O. The van der Waals surface area contributed by atoms with Gasteiger partial charge in [0.1, 0.15) is 37.3 Å². The van der Waals surface area contributed by atoms with Crippen molar-refractivity contribution in [1.29, 1.82) is 0 Å². The van der Waals surface area contributed by atoms with Crippen molar-refractivity contribution in [3.8, 4) is 0 Å². The predicted octanol–water partition coefficient (Wildman–Crippen LogP) is -2.58. The number of rotatable bonds is 21. The maximum atomic E-state index is 13.7. The quantitative estimate of drug-likeness (QED) is 0.0542. The van der Waals surface area contributed by atoms with E-state index in [9.17, 15) is 53.4 Å². The first-order chi connectivity index (χ1) is 22.9. The number of ketones is 1. The zero-order chi connectivity index (χ0) is 37.4. The fraction of sp³-hybridized carbons (Fsp3) is 0.607. The maximum absolute atomic E-state index is 13.7. The van der Waals surface area contributed by atoms with Crippen molar-refractivity contribution < 1.29 is 63.6 Å². The number of Topliss-reactive ketones (excluding diaryl/α,β-unsaturated/α-hetero) is 1. The van der Waals surface area contributed by atoms with Crippen LogP contribution in [0, 0.1) is 0 Å². The van der Waals surface area contributed by atoms with Gasteiger partial charge in [-0.15, -0.1) is 0 Å². The fourth-order valence-electron chi connectivity index (χ4n) is 4.66. The summed E-state index contributed by atoms with van der Waals surface area (Å²) in [6.45, 7) is -2.68. The molecule has 0 aromatic heterocycles. The molecule has 274 valence electrons. The average molecular weight is 735 g/mol. The van der Waals surface area contributed by atoms with Crippen LogP contribution in [0.4, 0.5) is 0 Å². The lowest BCUT2D eigenvalue weighted by molar-refractivity contribution is -0.145. The molecule has 0 radical (unpaired) electrons. The lowest BCUT2D eigenvalue weighted by atomic mass is 10.0. The molecule has 4 atom stereocenters. The van der Waals surface area contributed by atoms with E-state index in [4.69, 9.17) is 21.7 Å². The topological polar surface area (TPSA) is 317 Å². The van der Waals surface area contributed by atoms with Gasteiger partial charge in [-0.1, -0.05) is 0 Å². The predicted molar refractivity (Wildman–Crippen MR) is 175 cm³/mol. The van der Waals surface area contributed by atoms with Gasteiger partial charge < -0.3 is 52.3 Å². The van der Waals surface area contributed by atoms with E-state index >= 15 is 0 Å². The standard InChI is InChI=1S/C28H42N6O13S2/c29-15(27(44)45)5-7-21(36)31-17(12-48)25(42)33(10-23(38)39)9-14-19(3-1-2-4-20(14)35)34(11-24(40)41)26(43)18(13-49)32-22(37)8-6-16(30)28(46)47/h15-18,48-49H,1-13,29-30H2,(H,31,36)(H,32,37)(H,38,39)(H,40,41)(H,44,45)(H,46,47). The Morgan fingerprint density at radius 1 is 0.714 bits per heavy atom. The average Bonchev–Trinajstić information content (AvgIpc) is 3.21. The molecular weight excluding hydrogens is 692 g/mol. The molecule has 0 aliphatic heterocycles. The first kappa shape index (κ1) is 42.8. The minimum Gasteiger partial charge on any atom is -0.480 e. The van der Waals surface area contributed by atoms with Crippen LogP contribution in [0.15, 0.2) is 11.3 Å². The molecule has 0 aromatic rings. The Bertz CT molecular complexity index is 1330. The van der Waals surface area contributed by atoms with Gasteiger partial charge in [0.15, 0.2) is 5.78 Å². The third kappa shape index (κ3) is 14.4. The molecule has 1 aliphatic rings. The van der Waals surface area contributed by atoms with Gasteiger partial charge in [0.25, 0.3) is 5.91 Å². The number of carboxylic acids is 4. The third-order valence-corrected chi connectivity index (χ3v) is 7.99. The molecule has 49 heavy (non-hydrogen) atoms. The second kappa shape index (κ2) is 21.0. The molecule has 0 saturated carbocycles. The lowest BCUT2D eigenvalue weighted by Crippen LogP contribution is -2.53. The van der Waals surface area contributed by atoms with Crippen LogP contribution < -0.4 is 22.1 Å². The molecule has 10 N–H and O–H groups in total. The molecule has 0 heterocycles. The van der Waals surface area contributed by atoms with Crippen molar-refractivity contribution in [2.75, 3.05) is 31.1 Å². The number of nitrogens with zero attached hydrogens (tertiary/aromatic N) is 2. The van der Waals surface area contributed by atoms with Gasteiger partial charge in [-0.3, -0.25) is 43.2 Å². The Morgan fingerprint density at radius 3 is 1.59 bits per heavy atom. The highest BCUT2D eigenvalue weighted by Gasteiger charge is 2.35. The highest BCUT2D eigenvalue weighted by atomic mass is 32.1. The van der Waals surface area contributed by atoms with Crippen LogP contribution in [0.1, 0.15) is 51.4 Å². The van der Waals surface area contributed by atoms with Crippen molar-refractivity contribution in [2.45, 2.75) is 75.5 Å². The molecular formula is C28H42N6O13S2. The van der Waals surface area contributed by atoms with Gasteiger partial charge in [0, 0.05) is 42.0 Å². The summed E-state index contributed by atoms with van der Waals surface area (Å²) in [5.74, 6) is -10.6. The number of nitrogens with two attached hydrogens (primary N) is 2. The first-order valence-corrected chi connectivity index (χ1v) is 16.3. The summed E-state index contributed by atoms with van der Waals surface area (Å²) in [5.41, 5.74) is 10.5. The van der Waals surface area contributed by atoms with Crippen molar-refractivity contribution in [1.82, 2.24) is 20.4 Å². The van der Waals surface area contributed by atoms with Crippen LogP contribution in [0.5, 0.6) is 0 Å². The van der Waals surface area contributed by atoms with Gasteiger partial charge in [-0.05, 0) is 32.1 Å². The molecule has 4 amide bonds. The van der Waals surface area contributed by atoms with Crippen molar-refractivity contribution in [3.05, 3.63) is 11.3 Å². The third-order valence-electron chi connectivity index (χ3n) is 7.26. The zero-order valence-corrected chi connectivity index (χ0v) is 28.2. The summed E-state index contributed by atoms with van der Waals surface area (Å²) in [6.07, 6.45) is -0.860. The van der Waals surface area contributed by atoms with E-state index < -0.39 is 104 Å². The van der Waals surface area contributed by atoms with E-state index in [0.29, 0.717) is 12.8 Å². The minimum atomic E-state index is -1.51. The van der Waals surface area contributed by atoms with Gasteiger partial charge in [-0.25, -0.2) is 0 Å². The normalized spacial score (nSPS) is 15.6. The highest BCUT2D eigenvalue weighted by molar-refractivity contribution is 7.80. The lowest BCUT2D eigenvalue weighted by Gasteiger charge is -2.31. The van der Waals surface area contributed by atoms with Crippen molar-refractivity contribution in [2.24, 2.45) is 11.5 Å². The summed E-state index contributed by atoms with van der Waals surface area (Å²) in [6, 6.07) is -5.59. The van der Waals surface area contributed by atoms with E-state index in [1.54, 1.807) is 0 Å². The number of aliphatic carboxylic acids is 4. The smallest absolute Gasteiger partial charge is 0.323 e. The van der Waals surface area contributed by atoms with E-state index in [2.05, 4.69) is 35.9 Å². The molecule has 0 fully saturated rings. The monoisotopic (exact) mass is 734 g/mol. The van der Waals surface area contributed by atoms with Crippen LogP contribution in [-0.4, -0.2) is 139 Å². The number of hydrogen-bond donors (Lipinski definition) is 10. The maximum Gasteiger partial charge on any atom is 0.323 e. The summed E-state index contributed by atoms with van der Waals surface area (Å²) in [7, 11) is 0. The molecule has 0 spiro atoms. The van der Waals surface area contributed by atoms with Crippen molar-refractivity contribution in [3.63, 3.8) is 0 Å². The van der Waals surface area contributed by atoms with E-state index in [-0.39, 0.29) is 54.9 Å². The van der Waals surface area contributed by atoms with Crippen LogP contribution in [0.25, 0.3) is 0 Å². The second-order valence-corrected chi connectivity index (χ2v) is 11.8. The molecule has 1 aliphatic carbocycles. The number of hydrogen-bond acceptors (Lipinski definition) is 13. The Hall–Kier alpha value is -4.21. The molecule has 4 unspecified atom stereocenters. The molecule has 0 saturated heterocycles. The van der Waals surface area contributed by atoms with Crippen LogP contribution in [-0.2, 0) is 43.2 Å². The molecule has 0 aromatic carbocycles. The Labute approximate surface area is 291 Å². The zero-order valence-electron chi connectivity index (χ0n) is 26.4. The number of allylic oxidation sites excluding steroid dienone is 1. The van der Waals surface area contributed by atoms with E-state index in [0.717, 1.165) is 9.80 Å². The van der Waals surface area contributed by atoms with Crippen molar-refractivity contribution >= 4 is 78.5 Å². The summed E-state index contributed by atoms with van der Waals surface area (Å²) in [5, 5.41) is 41.9. The Balaban J connectivity index is 3.50. The number of nitrogens with one attached hydrogen (secondary N) is 2. The highest BCUT2D eigenvalue weighted by Crippen LogP contribution is 2.26. The Morgan fingerprint density at radius 2 is 1.16 bits per heavy atom. The van der Waals surface area contributed by atoms with Gasteiger partial charge in [-0.2, -0.15) is 25.3 Å². The number of carbonyl (C=O) groups is 9. The number of carbonyl (C=O) groups excluding carboxylic acids is 5. The van der Waals surface area contributed by atoms with Crippen LogP contribution in [0.3, 0.4) is 0 Å². The molecule has 0 bridgehead atoms. The first-order valence-electron chi connectivity index (χ1n) is 15.0. The molecule has 1 rings (SSSR count). The Kier molecular flexibility index (Phi) is 18.3. The number of thiol groups is 2. The van der Waals surface area contributed by atoms with E-state index in [1.165, 1.54) is 0 Å². The largest absolute Gasteiger partial charge is 0.480 e. The van der Waals surface area contributed by atoms with Crippen LogP contribution in [0.2, 0.25) is 0 Å². The molecule has 19 nitrogen and oxygen atoms in total. The number of carboxylic acid groups (broad SMARTS) is 4.